The zero-order chi connectivity index (χ0) is 13.3. The first-order valence-corrected chi connectivity index (χ1v) is 5.80. The molecule has 0 bridgehead atoms. The third-order valence-corrected chi connectivity index (χ3v) is 3.18. The van der Waals surface area contributed by atoms with E-state index in [1.54, 1.807) is 25.1 Å². The Morgan fingerprint density at radius 1 is 1.39 bits per heavy atom. The maximum absolute atomic E-state index is 11.4. The predicted octanol–water partition coefficient (Wildman–Crippen LogP) is 3.74. The largest absolute Gasteiger partial charge is 0.464 e. The summed E-state index contributed by atoms with van der Waals surface area (Å²) in [4.78, 5) is 15.5. The van der Waals surface area contributed by atoms with E-state index in [0.717, 1.165) is 0 Å². The lowest BCUT2D eigenvalue weighted by atomic mass is 10.2. The summed E-state index contributed by atoms with van der Waals surface area (Å²) >= 11 is 12.0. The molecule has 0 fully saturated rings. The molecule has 0 saturated carbocycles. The molecule has 1 aromatic heterocycles. The maximum atomic E-state index is 11.4. The molecule has 0 amide bonds. The predicted molar refractivity (Wildman–Crippen MR) is 68.0 cm³/mol. The normalized spacial score (nSPS) is 10.4. The Balaban J connectivity index is 2.53. The molecule has 6 heteroatoms. The molecular weight excluding hydrogens is 277 g/mol. The van der Waals surface area contributed by atoms with Gasteiger partial charge in [0.25, 0.3) is 0 Å². The quantitative estimate of drug-likeness (QED) is 0.789. The SMILES string of the molecule is COC(=O)c1nc(-c2cccc(Cl)c2Cl)oc1C. The number of hydrogen-bond donors (Lipinski definition) is 0. The van der Waals surface area contributed by atoms with Crippen LogP contribution in [-0.2, 0) is 4.74 Å². The second-order valence-electron chi connectivity index (χ2n) is 3.52. The van der Waals surface area contributed by atoms with Crippen LogP contribution in [0.5, 0.6) is 0 Å². The highest BCUT2D eigenvalue weighted by Gasteiger charge is 2.20. The summed E-state index contributed by atoms with van der Waals surface area (Å²) in [5.74, 6) is 0.0499. The molecule has 1 aromatic carbocycles. The van der Waals surface area contributed by atoms with Crippen LogP contribution in [0.4, 0.5) is 0 Å². The molecule has 1 heterocycles. The average molecular weight is 286 g/mol. The first-order valence-electron chi connectivity index (χ1n) is 5.04. The fraction of sp³-hybridized carbons (Fsp3) is 0.167. The zero-order valence-corrected chi connectivity index (χ0v) is 11.2. The summed E-state index contributed by atoms with van der Waals surface area (Å²) < 4.78 is 10.0. The van der Waals surface area contributed by atoms with Crippen LogP contribution < -0.4 is 0 Å². The number of oxazole rings is 1. The Bertz CT molecular complexity index is 607. The summed E-state index contributed by atoms with van der Waals surface area (Å²) in [7, 11) is 1.28. The van der Waals surface area contributed by atoms with Gasteiger partial charge < -0.3 is 9.15 Å². The Kier molecular flexibility index (Phi) is 3.59. The lowest BCUT2D eigenvalue weighted by Gasteiger charge is -2.00. The summed E-state index contributed by atoms with van der Waals surface area (Å²) in [6.45, 7) is 1.63. The molecule has 94 valence electrons. The van der Waals surface area contributed by atoms with Crippen molar-refractivity contribution in [3.05, 3.63) is 39.7 Å². The first-order chi connectivity index (χ1) is 8.54. The summed E-state index contributed by atoms with van der Waals surface area (Å²) in [6.07, 6.45) is 0. The van der Waals surface area contributed by atoms with Gasteiger partial charge in [0, 0.05) is 0 Å². The van der Waals surface area contributed by atoms with Gasteiger partial charge in [0.1, 0.15) is 5.76 Å². The fourth-order valence-corrected chi connectivity index (χ4v) is 1.85. The third-order valence-electron chi connectivity index (χ3n) is 2.36. The molecule has 0 atom stereocenters. The van der Waals surface area contributed by atoms with Crippen molar-refractivity contribution >= 4 is 29.2 Å². The van der Waals surface area contributed by atoms with E-state index in [4.69, 9.17) is 27.6 Å². The third kappa shape index (κ3) is 2.21. The van der Waals surface area contributed by atoms with Crippen molar-refractivity contribution in [2.24, 2.45) is 0 Å². The van der Waals surface area contributed by atoms with E-state index in [1.165, 1.54) is 7.11 Å². The summed E-state index contributed by atoms with van der Waals surface area (Å²) in [5.41, 5.74) is 0.658. The van der Waals surface area contributed by atoms with Gasteiger partial charge in [0.2, 0.25) is 5.89 Å². The van der Waals surface area contributed by atoms with E-state index in [2.05, 4.69) is 9.72 Å². The maximum Gasteiger partial charge on any atom is 0.360 e. The van der Waals surface area contributed by atoms with Crippen molar-refractivity contribution in [1.82, 2.24) is 4.98 Å². The number of hydrogen-bond acceptors (Lipinski definition) is 4. The van der Waals surface area contributed by atoms with Gasteiger partial charge in [-0.15, -0.1) is 0 Å². The van der Waals surface area contributed by atoms with E-state index in [1.807, 2.05) is 0 Å². The van der Waals surface area contributed by atoms with E-state index >= 15 is 0 Å². The number of methoxy groups -OCH3 is 1. The molecule has 0 spiro atoms. The van der Waals surface area contributed by atoms with Crippen molar-refractivity contribution in [3.8, 4) is 11.5 Å². The minimum Gasteiger partial charge on any atom is -0.464 e. The number of esters is 1. The van der Waals surface area contributed by atoms with Crippen molar-refractivity contribution in [1.29, 1.82) is 0 Å². The zero-order valence-electron chi connectivity index (χ0n) is 9.66. The van der Waals surface area contributed by atoms with Gasteiger partial charge in [-0.1, -0.05) is 29.3 Å². The van der Waals surface area contributed by atoms with E-state index in [9.17, 15) is 4.79 Å². The number of halogens is 2. The summed E-state index contributed by atoms with van der Waals surface area (Å²) in [6, 6.07) is 5.09. The second-order valence-corrected chi connectivity index (χ2v) is 4.30. The van der Waals surface area contributed by atoms with Gasteiger partial charge in [-0.05, 0) is 19.1 Å². The molecular formula is C12H9Cl2NO3. The molecule has 2 aromatic rings. The van der Waals surface area contributed by atoms with Gasteiger partial charge in [0.15, 0.2) is 5.69 Å². The van der Waals surface area contributed by atoms with E-state index < -0.39 is 5.97 Å². The minimum absolute atomic E-state index is 0.128. The number of aromatic nitrogens is 1. The van der Waals surface area contributed by atoms with Crippen molar-refractivity contribution in [3.63, 3.8) is 0 Å². The van der Waals surface area contributed by atoms with Crippen LogP contribution in [0.1, 0.15) is 16.2 Å². The summed E-state index contributed by atoms with van der Waals surface area (Å²) in [5, 5.41) is 0.724. The average Bonchev–Trinajstić information content (AvgIpc) is 2.73. The number of rotatable bonds is 2. The highest BCUT2D eigenvalue weighted by Crippen LogP contribution is 2.33. The van der Waals surface area contributed by atoms with Gasteiger partial charge in [-0.25, -0.2) is 9.78 Å². The Morgan fingerprint density at radius 3 is 2.78 bits per heavy atom. The molecule has 0 aliphatic rings. The van der Waals surface area contributed by atoms with Crippen LogP contribution >= 0.6 is 23.2 Å². The van der Waals surface area contributed by atoms with Gasteiger partial charge >= 0.3 is 5.97 Å². The van der Waals surface area contributed by atoms with E-state index in [-0.39, 0.29) is 11.6 Å². The monoisotopic (exact) mass is 285 g/mol. The Labute approximate surface area is 113 Å². The number of benzene rings is 1. The molecule has 0 aliphatic carbocycles. The van der Waals surface area contributed by atoms with Crippen molar-refractivity contribution in [2.75, 3.05) is 7.11 Å². The topological polar surface area (TPSA) is 52.3 Å². The van der Waals surface area contributed by atoms with Crippen LogP contribution in [-0.4, -0.2) is 18.1 Å². The van der Waals surface area contributed by atoms with Crippen molar-refractivity contribution < 1.29 is 13.9 Å². The number of ether oxygens (including phenoxy) is 1. The fourth-order valence-electron chi connectivity index (χ4n) is 1.47. The van der Waals surface area contributed by atoms with Crippen LogP contribution in [0, 0.1) is 6.92 Å². The number of nitrogens with zero attached hydrogens (tertiary/aromatic N) is 1. The standard InChI is InChI=1S/C12H9Cl2NO3/c1-6-10(12(16)17-2)15-11(18-6)7-4-3-5-8(13)9(7)14/h3-5H,1-2H3. The smallest absolute Gasteiger partial charge is 0.360 e. The molecule has 0 saturated heterocycles. The lowest BCUT2D eigenvalue weighted by Crippen LogP contribution is -2.03. The molecule has 4 nitrogen and oxygen atoms in total. The van der Waals surface area contributed by atoms with Crippen LogP contribution in [0.15, 0.2) is 22.6 Å². The molecule has 0 unspecified atom stereocenters. The highest BCUT2D eigenvalue weighted by atomic mass is 35.5. The van der Waals surface area contributed by atoms with Gasteiger partial charge in [-0.3, -0.25) is 0 Å². The molecule has 0 aliphatic heterocycles. The number of carbonyl (C=O) groups excluding carboxylic acids is 1. The lowest BCUT2D eigenvalue weighted by molar-refractivity contribution is 0.0593. The molecule has 0 radical (unpaired) electrons. The number of carbonyl (C=O) groups is 1. The van der Waals surface area contributed by atoms with Crippen LogP contribution in [0.2, 0.25) is 10.0 Å². The van der Waals surface area contributed by atoms with Crippen molar-refractivity contribution in [2.45, 2.75) is 6.92 Å². The molecule has 0 N–H and O–H groups in total. The van der Waals surface area contributed by atoms with Gasteiger partial charge in [-0.2, -0.15) is 0 Å². The minimum atomic E-state index is -0.555. The highest BCUT2D eigenvalue weighted by molar-refractivity contribution is 6.43. The molecule has 2 rings (SSSR count). The van der Waals surface area contributed by atoms with Crippen LogP contribution in [0.3, 0.4) is 0 Å². The first kappa shape index (κ1) is 12.9. The van der Waals surface area contributed by atoms with Crippen LogP contribution in [0.25, 0.3) is 11.5 Å². The van der Waals surface area contributed by atoms with Gasteiger partial charge in [0.05, 0.1) is 22.7 Å². The number of aryl methyl sites for hydroxylation is 1. The van der Waals surface area contributed by atoms with E-state index in [0.29, 0.717) is 21.4 Å². The Hall–Kier alpha value is -1.52. The second kappa shape index (κ2) is 5.00. The Morgan fingerprint density at radius 2 is 2.11 bits per heavy atom. The molecule has 18 heavy (non-hydrogen) atoms.